The van der Waals surface area contributed by atoms with Crippen LogP contribution in [0.25, 0.3) is 22.4 Å². The lowest BCUT2D eigenvalue weighted by atomic mass is 9.83. The van der Waals surface area contributed by atoms with E-state index in [1.165, 1.54) is 32.8 Å². The van der Waals surface area contributed by atoms with Crippen LogP contribution < -0.4 is 4.57 Å². The molecule has 2 unspecified atom stereocenters. The number of benzene rings is 2. The van der Waals surface area contributed by atoms with Crippen LogP contribution in [0.2, 0.25) is 0 Å². The second-order valence-electron chi connectivity index (χ2n) is 8.19. The molecule has 0 saturated heterocycles. The van der Waals surface area contributed by atoms with Gasteiger partial charge in [0.15, 0.2) is 12.2 Å². The summed E-state index contributed by atoms with van der Waals surface area (Å²) in [7, 11) is -0.734. The minimum atomic E-state index is -0.734. The summed E-state index contributed by atoms with van der Waals surface area (Å²) in [6.07, 6.45) is 9.41. The van der Waals surface area contributed by atoms with Crippen molar-refractivity contribution in [2.45, 2.75) is 30.7 Å². The monoisotopic (exact) mass is 362 g/mol. The number of pyridine rings is 1. The maximum atomic E-state index is 2.46. The highest BCUT2D eigenvalue weighted by molar-refractivity contribution is 8.32. The van der Waals surface area contributed by atoms with E-state index < -0.39 is 10.0 Å². The Kier molecular flexibility index (Phi) is 4.19. The lowest BCUT2D eigenvalue weighted by molar-refractivity contribution is -0.714. The van der Waals surface area contributed by atoms with Gasteiger partial charge in [0.1, 0.15) is 0 Å². The molecular formula is C24H28NS+. The van der Waals surface area contributed by atoms with Crippen LogP contribution in [-0.2, 0) is 0 Å². The van der Waals surface area contributed by atoms with Gasteiger partial charge in [0.25, 0.3) is 0 Å². The first kappa shape index (κ1) is 17.4. The summed E-state index contributed by atoms with van der Waals surface area (Å²) < 4.78 is 2.46. The van der Waals surface area contributed by atoms with Gasteiger partial charge in [0.05, 0.1) is 0 Å². The summed E-state index contributed by atoms with van der Waals surface area (Å²) in [5.41, 5.74) is 6.83. The van der Waals surface area contributed by atoms with Crippen LogP contribution in [0.4, 0.5) is 0 Å². The zero-order valence-electron chi connectivity index (χ0n) is 16.4. The molecule has 1 nitrogen and oxygen atoms in total. The van der Waals surface area contributed by atoms with E-state index in [-0.39, 0.29) is 0 Å². The lowest BCUT2D eigenvalue weighted by Gasteiger charge is -2.30. The summed E-state index contributed by atoms with van der Waals surface area (Å²) in [5, 5.41) is 0. The molecule has 0 radical (unpaired) electrons. The standard InChI is InChI=1S/C24H28NS/c1-17-18(2)25-14-13-21(26(3,4)5)16-24(25)22-12-11-20(15-23(17)22)19-9-7-6-8-10-19/h6-18H,1-5H3/q+1. The van der Waals surface area contributed by atoms with Crippen molar-refractivity contribution in [3.8, 4) is 22.4 Å². The SMILES string of the molecule is CC1c2cc(-c3ccccc3)ccc2-c2cc(S(C)(C)C)cc[n+]2C1C. The smallest absolute Gasteiger partial charge is 0.214 e. The Bertz CT molecular complexity index is 954. The topological polar surface area (TPSA) is 3.88 Å². The predicted molar refractivity (Wildman–Crippen MR) is 114 cm³/mol. The van der Waals surface area contributed by atoms with E-state index in [0.717, 1.165) is 0 Å². The molecular weight excluding hydrogens is 334 g/mol. The fourth-order valence-corrected chi connectivity index (χ4v) is 4.86. The summed E-state index contributed by atoms with van der Waals surface area (Å²) in [5.74, 6) is 0.499. The first-order valence-electron chi connectivity index (χ1n) is 9.29. The highest BCUT2D eigenvalue weighted by atomic mass is 32.3. The van der Waals surface area contributed by atoms with E-state index in [1.54, 1.807) is 0 Å². The van der Waals surface area contributed by atoms with Crippen LogP contribution in [-0.4, -0.2) is 18.8 Å². The molecule has 2 heterocycles. The van der Waals surface area contributed by atoms with Gasteiger partial charge in [-0.15, -0.1) is 0 Å². The molecule has 1 aliphatic rings. The number of aromatic nitrogens is 1. The molecule has 0 spiro atoms. The molecule has 4 rings (SSSR count). The predicted octanol–water partition coefficient (Wildman–Crippen LogP) is 6.04. The summed E-state index contributed by atoms with van der Waals surface area (Å²) in [6.45, 7) is 4.70. The molecule has 3 aromatic rings. The van der Waals surface area contributed by atoms with Gasteiger partial charge < -0.3 is 0 Å². The Hall–Kier alpha value is -2.06. The van der Waals surface area contributed by atoms with E-state index in [4.69, 9.17) is 0 Å². The van der Waals surface area contributed by atoms with Crippen molar-refractivity contribution in [3.05, 3.63) is 72.4 Å². The second-order valence-corrected chi connectivity index (χ2v) is 12.3. The zero-order valence-corrected chi connectivity index (χ0v) is 17.2. The number of rotatable bonds is 2. The van der Waals surface area contributed by atoms with E-state index in [9.17, 15) is 0 Å². The molecule has 1 aliphatic heterocycles. The number of hydrogen-bond donors (Lipinski definition) is 0. The molecule has 2 heteroatoms. The van der Waals surface area contributed by atoms with Gasteiger partial charge in [-0.3, -0.25) is 0 Å². The Morgan fingerprint density at radius 2 is 1.54 bits per heavy atom. The maximum Gasteiger partial charge on any atom is 0.214 e. The van der Waals surface area contributed by atoms with Gasteiger partial charge in [-0.05, 0) is 54.5 Å². The average Bonchev–Trinajstić information content (AvgIpc) is 2.65. The molecule has 1 aromatic heterocycles. The van der Waals surface area contributed by atoms with Gasteiger partial charge >= 0.3 is 0 Å². The van der Waals surface area contributed by atoms with Gasteiger partial charge in [0, 0.05) is 28.5 Å². The Labute approximate surface area is 159 Å². The van der Waals surface area contributed by atoms with E-state index in [0.29, 0.717) is 12.0 Å². The van der Waals surface area contributed by atoms with Gasteiger partial charge in [-0.25, -0.2) is 10.0 Å². The molecule has 2 atom stereocenters. The molecule has 2 aromatic carbocycles. The van der Waals surface area contributed by atoms with Crippen molar-refractivity contribution in [1.29, 1.82) is 0 Å². The molecule has 26 heavy (non-hydrogen) atoms. The van der Waals surface area contributed by atoms with Crippen LogP contribution in [0.1, 0.15) is 31.4 Å². The molecule has 0 N–H and O–H groups in total. The third-order valence-corrected chi connectivity index (χ3v) is 7.42. The lowest BCUT2D eigenvalue weighted by Crippen LogP contribution is -2.45. The highest BCUT2D eigenvalue weighted by Crippen LogP contribution is 2.47. The fourth-order valence-electron chi connectivity index (χ4n) is 3.93. The number of nitrogens with zero attached hydrogens (tertiary/aromatic N) is 1. The Morgan fingerprint density at radius 3 is 2.23 bits per heavy atom. The number of hydrogen-bond acceptors (Lipinski definition) is 0. The third kappa shape index (κ3) is 2.87. The third-order valence-electron chi connectivity index (χ3n) is 5.75. The fraction of sp³-hybridized carbons (Fsp3) is 0.292. The summed E-state index contributed by atoms with van der Waals surface area (Å²) in [4.78, 5) is 1.48. The van der Waals surface area contributed by atoms with Crippen LogP contribution in [0.3, 0.4) is 0 Å². The van der Waals surface area contributed by atoms with E-state index in [1.807, 2.05) is 0 Å². The molecule has 0 aliphatic carbocycles. The quantitative estimate of drug-likeness (QED) is 0.489. The first-order valence-corrected chi connectivity index (χ1v) is 12.2. The van der Waals surface area contributed by atoms with Crippen molar-refractivity contribution >= 4 is 10.0 Å². The molecule has 0 bridgehead atoms. The van der Waals surface area contributed by atoms with Crippen molar-refractivity contribution in [1.82, 2.24) is 0 Å². The van der Waals surface area contributed by atoms with Crippen LogP contribution in [0.15, 0.2) is 71.8 Å². The van der Waals surface area contributed by atoms with E-state index in [2.05, 4.69) is 104 Å². The molecule has 0 fully saturated rings. The number of fused-ring (bicyclic) bond motifs is 3. The minimum Gasteiger partial charge on any atom is -0.223 e. The van der Waals surface area contributed by atoms with E-state index >= 15 is 0 Å². The van der Waals surface area contributed by atoms with Crippen LogP contribution in [0, 0.1) is 0 Å². The molecule has 0 amide bonds. The Balaban J connectivity index is 1.90. The van der Waals surface area contributed by atoms with Crippen LogP contribution in [0.5, 0.6) is 0 Å². The van der Waals surface area contributed by atoms with Crippen molar-refractivity contribution < 1.29 is 4.57 Å². The second kappa shape index (κ2) is 6.28. The molecule has 0 saturated carbocycles. The van der Waals surface area contributed by atoms with Crippen molar-refractivity contribution in [2.75, 3.05) is 18.8 Å². The van der Waals surface area contributed by atoms with Crippen molar-refractivity contribution in [2.24, 2.45) is 0 Å². The summed E-state index contributed by atoms with van der Waals surface area (Å²) >= 11 is 0. The average molecular weight is 363 g/mol. The Morgan fingerprint density at radius 1 is 0.808 bits per heavy atom. The van der Waals surface area contributed by atoms with Gasteiger partial charge in [0.2, 0.25) is 5.69 Å². The highest BCUT2D eigenvalue weighted by Gasteiger charge is 2.35. The summed E-state index contributed by atoms with van der Waals surface area (Å²) in [6, 6.07) is 22.9. The van der Waals surface area contributed by atoms with Gasteiger partial charge in [-0.2, -0.15) is 4.57 Å². The van der Waals surface area contributed by atoms with Crippen molar-refractivity contribution in [3.63, 3.8) is 0 Å². The largest absolute Gasteiger partial charge is 0.223 e. The minimum absolute atomic E-state index is 0.465. The maximum absolute atomic E-state index is 2.46. The van der Waals surface area contributed by atoms with Gasteiger partial charge in [-0.1, -0.05) is 43.3 Å². The zero-order chi connectivity index (χ0) is 18.5. The normalized spacial score (nSPS) is 19.6. The van der Waals surface area contributed by atoms with Crippen LogP contribution >= 0.6 is 10.0 Å². The molecule has 134 valence electrons. The first-order chi connectivity index (χ1) is 12.4.